The van der Waals surface area contributed by atoms with Crippen molar-refractivity contribution in [2.75, 3.05) is 44.7 Å². The number of anilines is 1. The number of nitrogens with zero attached hydrogens (tertiary/aromatic N) is 3. The SMILES string of the molecule is CCN1CCN(C2=C(c3cccs3)C(=O)N(c3ccccc3OC)C2=O)CC1. The minimum atomic E-state index is -0.287. The van der Waals surface area contributed by atoms with Gasteiger partial charge < -0.3 is 14.5 Å². The van der Waals surface area contributed by atoms with Crippen LogP contribution >= 0.6 is 11.3 Å². The number of para-hydroxylation sites is 2. The van der Waals surface area contributed by atoms with Gasteiger partial charge in [-0.15, -0.1) is 11.3 Å². The molecule has 1 saturated heterocycles. The number of amides is 2. The first-order valence-corrected chi connectivity index (χ1v) is 10.3. The maximum absolute atomic E-state index is 13.5. The van der Waals surface area contributed by atoms with E-state index in [9.17, 15) is 9.59 Å². The fourth-order valence-electron chi connectivity index (χ4n) is 3.78. The molecule has 0 bridgehead atoms. The van der Waals surface area contributed by atoms with Crippen LogP contribution in [0.3, 0.4) is 0 Å². The van der Waals surface area contributed by atoms with E-state index in [0.717, 1.165) is 37.6 Å². The molecule has 2 aliphatic heterocycles. The molecule has 0 N–H and O–H groups in total. The molecule has 1 aromatic heterocycles. The van der Waals surface area contributed by atoms with Gasteiger partial charge in [-0.3, -0.25) is 9.59 Å². The molecule has 2 aromatic rings. The molecule has 2 aliphatic rings. The van der Waals surface area contributed by atoms with Crippen LogP contribution in [0.1, 0.15) is 11.8 Å². The fourth-order valence-corrected chi connectivity index (χ4v) is 4.54. The van der Waals surface area contributed by atoms with Crippen LogP contribution in [0.4, 0.5) is 5.69 Å². The van der Waals surface area contributed by atoms with Crippen molar-refractivity contribution < 1.29 is 14.3 Å². The summed E-state index contributed by atoms with van der Waals surface area (Å²) >= 11 is 1.48. The molecule has 0 saturated carbocycles. The second kappa shape index (κ2) is 7.77. The summed E-state index contributed by atoms with van der Waals surface area (Å²) in [5, 5.41) is 1.93. The van der Waals surface area contributed by atoms with Crippen LogP contribution in [-0.4, -0.2) is 61.4 Å². The molecule has 3 heterocycles. The molecule has 0 aliphatic carbocycles. The highest BCUT2D eigenvalue weighted by Gasteiger charge is 2.44. The highest BCUT2D eigenvalue weighted by Crippen LogP contribution is 2.39. The van der Waals surface area contributed by atoms with Gasteiger partial charge in [-0.25, -0.2) is 4.90 Å². The molecule has 1 aromatic carbocycles. The monoisotopic (exact) mass is 397 g/mol. The summed E-state index contributed by atoms with van der Waals surface area (Å²) in [4.78, 5) is 33.4. The molecule has 0 atom stereocenters. The average Bonchev–Trinajstić information content (AvgIpc) is 3.34. The van der Waals surface area contributed by atoms with E-state index in [4.69, 9.17) is 4.74 Å². The smallest absolute Gasteiger partial charge is 0.282 e. The largest absolute Gasteiger partial charge is 0.495 e. The Morgan fingerprint density at radius 2 is 1.75 bits per heavy atom. The zero-order valence-corrected chi connectivity index (χ0v) is 16.9. The Balaban J connectivity index is 1.77. The Labute approximate surface area is 168 Å². The zero-order valence-electron chi connectivity index (χ0n) is 16.1. The van der Waals surface area contributed by atoms with E-state index in [1.807, 2.05) is 23.6 Å². The van der Waals surface area contributed by atoms with Crippen molar-refractivity contribution in [3.8, 4) is 5.75 Å². The van der Waals surface area contributed by atoms with Crippen LogP contribution in [0.2, 0.25) is 0 Å². The highest BCUT2D eigenvalue weighted by molar-refractivity contribution is 7.11. The molecule has 28 heavy (non-hydrogen) atoms. The van der Waals surface area contributed by atoms with Gasteiger partial charge in [-0.1, -0.05) is 25.1 Å². The lowest BCUT2D eigenvalue weighted by Gasteiger charge is -2.35. The predicted molar refractivity (Wildman–Crippen MR) is 110 cm³/mol. The third-order valence-corrected chi connectivity index (χ3v) is 6.18. The number of benzene rings is 1. The fraction of sp³-hybridized carbons (Fsp3) is 0.333. The number of hydrogen-bond acceptors (Lipinski definition) is 6. The topological polar surface area (TPSA) is 53.1 Å². The first kappa shape index (κ1) is 18.7. The standard InChI is InChI=1S/C21H23N3O3S/c1-3-22-10-12-23(13-11-22)19-18(17-9-6-14-28-17)20(25)24(21(19)26)15-7-4-5-8-16(15)27-2/h4-9,14H,3,10-13H2,1-2H3. The zero-order chi connectivity index (χ0) is 19.7. The maximum atomic E-state index is 13.5. The second-order valence-corrected chi connectivity index (χ2v) is 7.69. The highest BCUT2D eigenvalue weighted by atomic mass is 32.1. The van der Waals surface area contributed by atoms with E-state index in [2.05, 4.69) is 16.7 Å². The Hall–Kier alpha value is -2.64. The molecule has 7 heteroatoms. The molecule has 1 fully saturated rings. The minimum absolute atomic E-state index is 0.275. The molecule has 2 amide bonds. The molecule has 4 rings (SSSR count). The van der Waals surface area contributed by atoms with Crippen molar-refractivity contribution in [3.63, 3.8) is 0 Å². The number of piperazine rings is 1. The molecule has 0 unspecified atom stereocenters. The van der Waals surface area contributed by atoms with Gasteiger partial charge in [0, 0.05) is 31.1 Å². The third kappa shape index (κ3) is 3.10. The average molecular weight is 398 g/mol. The number of thiophene rings is 1. The lowest BCUT2D eigenvalue weighted by Crippen LogP contribution is -2.47. The number of methoxy groups -OCH3 is 1. The Morgan fingerprint density at radius 3 is 2.39 bits per heavy atom. The summed E-state index contributed by atoms with van der Waals surface area (Å²) < 4.78 is 5.41. The Morgan fingerprint density at radius 1 is 1.00 bits per heavy atom. The normalized spacial score (nSPS) is 18.4. The summed E-state index contributed by atoms with van der Waals surface area (Å²) in [6, 6.07) is 11.0. The summed E-state index contributed by atoms with van der Waals surface area (Å²) in [7, 11) is 1.54. The Bertz CT molecular complexity index is 915. The van der Waals surface area contributed by atoms with Crippen LogP contribution in [-0.2, 0) is 9.59 Å². The van der Waals surface area contributed by atoms with Crippen LogP contribution in [0.25, 0.3) is 5.57 Å². The third-order valence-electron chi connectivity index (χ3n) is 5.29. The number of ether oxygens (including phenoxy) is 1. The quantitative estimate of drug-likeness (QED) is 0.726. The van der Waals surface area contributed by atoms with Gasteiger partial charge in [-0.2, -0.15) is 0 Å². The predicted octanol–water partition coefficient (Wildman–Crippen LogP) is 2.68. The van der Waals surface area contributed by atoms with E-state index < -0.39 is 0 Å². The van der Waals surface area contributed by atoms with Crippen molar-refractivity contribution in [1.29, 1.82) is 0 Å². The summed E-state index contributed by atoms with van der Waals surface area (Å²) in [5.41, 5.74) is 1.49. The first-order valence-electron chi connectivity index (χ1n) is 9.43. The molecule has 6 nitrogen and oxygen atoms in total. The van der Waals surface area contributed by atoms with Gasteiger partial charge in [0.05, 0.1) is 18.4 Å². The molecule has 0 spiro atoms. The molecule has 146 valence electrons. The number of carbonyl (C=O) groups excluding carboxylic acids is 2. The minimum Gasteiger partial charge on any atom is -0.495 e. The van der Waals surface area contributed by atoms with Gasteiger partial charge in [0.2, 0.25) is 0 Å². The van der Waals surface area contributed by atoms with E-state index in [1.54, 1.807) is 25.3 Å². The van der Waals surface area contributed by atoms with Gasteiger partial charge in [0.1, 0.15) is 11.4 Å². The Kier molecular flexibility index (Phi) is 5.19. The van der Waals surface area contributed by atoms with E-state index in [0.29, 0.717) is 22.7 Å². The number of likely N-dealkylation sites (N-methyl/N-ethyl adjacent to an activating group) is 1. The van der Waals surface area contributed by atoms with Crippen LogP contribution < -0.4 is 9.64 Å². The van der Waals surface area contributed by atoms with Crippen molar-refractivity contribution in [2.24, 2.45) is 0 Å². The second-order valence-electron chi connectivity index (χ2n) is 6.74. The van der Waals surface area contributed by atoms with E-state index in [1.165, 1.54) is 16.2 Å². The van der Waals surface area contributed by atoms with Crippen molar-refractivity contribution in [3.05, 3.63) is 52.4 Å². The van der Waals surface area contributed by atoms with Gasteiger partial charge in [-0.05, 0) is 30.1 Å². The number of imide groups is 1. The molecular formula is C21H23N3O3S. The van der Waals surface area contributed by atoms with Crippen molar-refractivity contribution in [1.82, 2.24) is 9.80 Å². The maximum Gasteiger partial charge on any atom is 0.282 e. The summed E-state index contributed by atoms with van der Waals surface area (Å²) in [6.45, 7) is 6.36. The van der Waals surface area contributed by atoms with Crippen LogP contribution in [0.5, 0.6) is 5.75 Å². The van der Waals surface area contributed by atoms with Crippen LogP contribution in [0.15, 0.2) is 47.5 Å². The van der Waals surface area contributed by atoms with E-state index in [-0.39, 0.29) is 11.8 Å². The van der Waals surface area contributed by atoms with Crippen molar-refractivity contribution >= 4 is 34.4 Å². The summed E-state index contributed by atoms with van der Waals surface area (Å²) in [5.74, 6) is -0.0560. The lowest BCUT2D eigenvalue weighted by atomic mass is 10.1. The molecular weight excluding hydrogens is 374 g/mol. The van der Waals surface area contributed by atoms with Gasteiger partial charge >= 0.3 is 0 Å². The first-order chi connectivity index (χ1) is 13.7. The lowest BCUT2D eigenvalue weighted by molar-refractivity contribution is -0.120. The molecule has 0 radical (unpaired) electrons. The van der Waals surface area contributed by atoms with E-state index >= 15 is 0 Å². The number of rotatable bonds is 5. The number of carbonyl (C=O) groups is 2. The van der Waals surface area contributed by atoms with Crippen LogP contribution in [0, 0.1) is 0 Å². The number of hydrogen-bond donors (Lipinski definition) is 0. The van der Waals surface area contributed by atoms with Crippen molar-refractivity contribution in [2.45, 2.75) is 6.92 Å². The van der Waals surface area contributed by atoms with Gasteiger partial charge in [0.25, 0.3) is 11.8 Å². The van der Waals surface area contributed by atoms with Gasteiger partial charge in [0.15, 0.2) is 0 Å². The summed E-state index contributed by atoms with van der Waals surface area (Å²) in [6.07, 6.45) is 0.